The number of ether oxygens (including phenoxy) is 1. The zero-order valence-electron chi connectivity index (χ0n) is 9.50. The Morgan fingerprint density at radius 1 is 1.56 bits per heavy atom. The summed E-state index contributed by atoms with van der Waals surface area (Å²) in [4.78, 5) is 11.4. The maximum Gasteiger partial charge on any atom is 0.246 e. The van der Waals surface area contributed by atoms with Crippen LogP contribution in [-0.2, 0) is 9.53 Å². The van der Waals surface area contributed by atoms with Gasteiger partial charge in [0.05, 0.1) is 6.04 Å². The van der Waals surface area contributed by atoms with Gasteiger partial charge in [-0.1, -0.05) is 28.1 Å². The normalized spacial score (nSPS) is 12.2. The van der Waals surface area contributed by atoms with Crippen molar-refractivity contribution >= 4 is 21.8 Å². The van der Waals surface area contributed by atoms with Crippen molar-refractivity contribution in [1.82, 2.24) is 5.32 Å². The maximum absolute atomic E-state index is 11.4. The first-order chi connectivity index (χ1) is 7.63. The van der Waals surface area contributed by atoms with Crippen LogP contribution in [0, 0.1) is 0 Å². The molecule has 1 rings (SSSR count). The first kappa shape index (κ1) is 13.2. The van der Waals surface area contributed by atoms with Crippen LogP contribution in [0.4, 0.5) is 0 Å². The number of benzene rings is 1. The van der Waals surface area contributed by atoms with Crippen molar-refractivity contribution in [2.45, 2.75) is 19.9 Å². The van der Waals surface area contributed by atoms with E-state index in [1.807, 2.05) is 38.1 Å². The number of nitrogens with one attached hydrogen (secondary N) is 1. The molecule has 0 aromatic heterocycles. The van der Waals surface area contributed by atoms with E-state index in [-0.39, 0.29) is 18.6 Å². The second kappa shape index (κ2) is 6.66. The molecule has 0 fully saturated rings. The quantitative estimate of drug-likeness (QED) is 0.903. The number of amides is 1. The Morgan fingerprint density at radius 2 is 2.31 bits per heavy atom. The SMILES string of the molecule is CCOCC(=O)NC(C)c1cccc(Br)c1. The molecule has 1 atom stereocenters. The molecule has 4 heteroatoms. The molecule has 1 aromatic carbocycles. The van der Waals surface area contributed by atoms with Crippen molar-refractivity contribution in [3.8, 4) is 0 Å². The predicted octanol–water partition coefficient (Wildman–Crippen LogP) is 2.66. The third kappa shape index (κ3) is 4.33. The zero-order chi connectivity index (χ0) is 12.0. The van der Waals surface area contributed by atoms with E-state index in [2.05, 4.69) is 21.2 Å². The largest absolute Gasteiger partial charge is 0.372 e. The van der Waals surface area contributed by atoms with Gasteiger partial charge in [-0.3, -0.25) is 4.79 Å². The lowest BCUT2D eigenvalue weighted by atomic mass is 10.1. The molecular weight excluding hydrogens is 270 g/mol. The van der Waals surface area contributed by atoms with E-state index in [9.17, 15) is 4.79 Å². The molecule has 88 valence electrons. The summed E-state index contributed by atoms with van der Waals surface area (Å²) in [6, 6.07) is 7.87. The lowest BCUT2D eigenvalue weighted by molar-refractivity contribution is -0.126. The lowest BCUT2D eigenvalue weighted by Gasteiger charge is -2.14. The minimum atomic E-state index is -0.0886. The van der Waals surface area contributed by atoms with E-state index in [0.29, 0.717) is 6.61 Å². The number of hydrogen-bond acceptors (Lipinski definition) is 2. The van der Waals surface area contributed by atoms with Gasteiger partial charge in [-0.05, 0) is 31.5 Å². The fourth-order valence-corrected chi connectivity index (χ4v) is 1.75. The minimum absolute atomic E-state index is 0.00884. The number of carbonyl (C=O) groups is 1. The van der Waals surface area contributed by atoms with Gasteiger partial charge in [-0.15, -0.1) is 0 Å². The Kier molecular flexibility index (Phi) is 5.49. The molecule has 1 N–H and O–H groups in total. The molecule has 0 radical (unpaired) electrons. The van der Waals surface area contributed by atoms with Crippen LogP contribution < -0.4 is 5.32 Å². The van der Waals surface area contributed by atoms with Crippen molar-refractivity contribution < 1.29 is 9.53 Å². The summed E-state index contributed by atoms with van der Waals surface area (Å²) in [5.74, 6) is -0.0886. The highest BCUT2D eigenvalue weighted by Gasteiger charge is 2.09. The third-order valence-electron chi connectivity index (χ3n) is 2.16. The van der Waals surface area contributed by atoms with Crippen molar-refractivity contribution in [3.63, 3.8) is 0 Å². The van der Waals surface area contributed by atoms with Gasteiger partial charge in [-0.25, -0.2) is 0 Å². The Morgan fingerprint density at radius 3 is 2.94 bits per heavy atom. The van der Waals surface area contributed by atoms with Crippen molar-refractivity contribution in [2.75, 3.05) is 13.2 Å². The molecule has 0 spiro atoms. The van der Waals surface area contributed by atoms with Crippen LogP contribution in [0.3, 0.4) is 0 Å². The highest BCUT2D eigenvalue weighted by molar-refractivity contribution is 9.10. The highest BCUT2D eigenvalue weighted by atomic mass is 79.9. The Balaban J connectivity index is 2.52. The molecule has 1 aromatic rings. The molecule has 16 heavy (non-hydrogen) atoms. The summed E-state index contributed by atoms with van der Waals surface area (Å²) in [6.45, 7) is 4.49. The van der Waals surface area contributed by atoms with Gasteiger partial charge in [0, 0.05) is 11.1 Å². The van der Waals surface area contributed by atoms with Gasteiger partial charge in [-0.2, -0.15) is 0 Å². The first-order valence-corrected chi connectivity index (χ1v) is 6.05. The molecule has 0 heterocycles. The second-order valence-electron chi connectivity index (χ2n) is 3.48. The van der Waals surface area contributed by atoms with Gasteiger partial charge in [0.1, 0.15) is 6.61 Å². The Bertz CT molecular complexity index is 355. The van der Waals surface area contributed by atoms with Gasteiger partial charge >= 0.3 is 0 Å². The molecular formula is C12H16BrNO2. The molecule has 0 saturated carbocycles. The monoisotopic (exact) mass is 285 g/mol. The lowest BCUT2D eigenvalue weighted by Crippen LogP contribution is -2.30. The topological polar surface area (TPSA) is 38.3 Å². The summed E-state index contributed by atoms with van der Waals surface area (Å²) < 4.78 is 6.04. The Hall–Kier alpha value is -0.870. The smallest absolute Gasteiger partial charge is 0.246 e. The summed E-state index contributed by atoms with van der Waals surface area (Å²) in [6.07, 6.45) is 0. The summed E-state index contributed by atoms with van der Waals surface area (Å²) in [7, 11) is 0. The van der Waals surface area contributed by atoms with E-state index in [1.165, 1.54) is 0 Å². The fraction of sp³-hybridized carbons (Fsp3) is 0.417. The third-order valence-corrected chi connectivity index (χ3v) is 2.66. The predicted molar refractivity (Wildman–Crippen MR) is 67.2 cm³/mol. The van der Waals surface area contributed by atoms with Crippen molar-refractivity contribution in [2.24, 2.45) is 0 Å². The van der Waals surface area contributed by atoms with Gasteiger partial charge in [0.2, 0.25) is 5.91 Å². The molecule has 0 aliphatic carbocycles. The molecule has 0 aliphatic rings. The van der Waals surface area contributed by atoms with Gasteiger partial charge < -0.3 is 10.1 Å². The van der Waals surface area contributed by atoms with Crippen LogP contribution in [0.5, 0.6) is 0 Å². The van der Waals surface area contributed by atoms with E-state index >= 15 is 0 Å². The van der Waals surface area contributed by atoms with Crippen LogP contribution in [0.1, 0.15) is 25.5 Å². The second-order valence-corrected chi connectivity index (χ2v) is 4.40. The van der Waals surface area contributed by atoms with Gasteiger partial charge in [0.25, 0.3) is 0 Å². The van der Waals surface area contributed by atoms with Crippen LogP contribution in [0.15, 0.2) is 28.7 Å². The number of hydrogen-bond donors (Lipinski definition) is 1. The van der Waals surface area contributed by atoms with Gasteiger partial charge in [0.15, 0.2) is 0 Å². The fourth-order valence-electron chi connectivity index (χ4n) is 1.34. The van der Waals surface area contributed by atoms with Crippen LogP contribution in [-0.4, -0.2) is 19.1 Å². The highest BCUT2D eigenvalue weighted by Crippen LogP contribution is 2.17. The first-order valence-electron chi connectivity index (χ1n) is 5.26. The van der Waals surface area contributed by atoms with Crippen LogP contribution in [0.2, 0.25) is 0 Å². The molecule has 0 aliphatic heterocycles. The summed E-state index contributed by atoms with van der Waals surface area (Å²) in [5.41, 5.74) is 1.07. The Labute approximate surface area is 104 Å². The average Bonchev–Trinajstić information content (AvgIpc) is 2.26. The number of carbonyl (C=O) groups excluding carboxylic acids is 1. The summed E-state index contributed by atoms with van der Waals surface area (Å²) >= 11 is 3.40. The minimum Gasteiger partial charge on any atom is -0.372 e. The van der Waals surface area contributed by atoms with Crippen molar-refractivity contribution in [3.05, 3.63) is 34.3 Å². The number of halogens is 1. The molecule has 0 saturated heterocycles. The van der Waals surface area contributed by atoms with E-state index < -0.39 is 0 Å². The molecule has 1 unspecified atom stereocenters. The molecule has 3 nitrogen and oxygen atoms in total. The summed E-state index contributed by atoms with van der Waals surface area (Å²) in [5, 5.41) is 2.87. The average molecular weight is 286 g/mol. The number of rotatable bonds is 5. The van der Waals surface area contributed by atoms with Crippen molar-refractivity contribution in [1.29, 1.82) is 0 Å². The molecule has 1 amide bonds. The van der Waals surface area contributed by atoms with Crippen LogP contribution >= 0.6 is 15.9 Å². The standard InChI is InChI=1S/C12H16BrNO2/c1-3-16-8-12(15)14-9(2)10-5-4-6-11(13)7-10/h4-7,9H,3,8H2,1-2H3,(H,14,15). The zero-order valence-corrected chi connectivity index (χ0v) is 11.1. The van der Waals surface area contributed by atoms with E-state index in [0.717, 1.165) is 10.0 Å². The van der Waals surface area contributed by atoms with E-state index in [4.69, 9.17) is 4.74 Å². The molecule has 0 bridgehead atoms. The maximum atomic E-state index is 11.4. The van der Waals surface area contributed by atoms with Crippen LogP contribution in [0.25, 0.3) is 0 Å². The van der Waals surface area contributed by atoms with E-state index in [1.54, 1.807) is 0 Å².